The minimum absolute atomic E-state index is 0.0195. The van der Waals surface area contributed by atoms with Crippen LogP contribution < -0.4 is 10.6 Å². The van der Waals surface area contributed by atoms with Gasteiger partial charge in [0.2, 0.25) is 0 Å². The van der Waals surface area contributed by atoms with E-state index >= 15 is 0 Å². The number of nitrogens with one attached hydrogen (secondary N) is 2. The van der Waals surface area contributed by atoms with E-state index in [2.05, 4.69) is 69.0 Å². The van der Waals surface area contributed by atoms with E-state index in [0.717, 1.165) is 37.5 Å². The van der Waals surface area contributed by atoms with Crippen molar-refractivity contribution in [3.8, 4) is 0 Å². The van der Waals surface area contributed by atoms with Gasteiger partial charge in [-0.25, -0.2) is 4.79 Å². The second kappa shape index (κ2) is 16.6. The molecule has 1 aromatic heterocycles. The van der Waals surface area contributed by atoms with Crippen LogP contribution in [0, 0.1) is 11.8 Å². The topological polar surface area (TPSA) is 102 Å². The summed E-state index contributed by atoms with van der Waals surface area (Å²) in [5.41, 5.74) is 6.29. The molecular formula is C44H53F3N4O4S. The number of carbonyl (C=O) groups is 3. The van der Waals surface area contributed by atoms with Crippen LogP contribution in [0.5, 0.6) is 0 Å². The molecule has 56 heavy (non-hydrogen) atoms. The zero-order chi connectivity index (χ0) is 39.0. The van der Waals surface area contributed by atoms with Gasteiger partial charge in [0, 0.05) is 36.3 Å². The standard InChI is InChI=1S/C42H52N4O2S.C2HF3O2/c47-41(43-29-13-9-27(10-14-29)23-25-45-35-17-18-36(45)32-6-2-1-5-31(32)35)39-21-22-40(49-39)42(48)44-30-15-11-28(12-16-30)24-26-46-37-19-20-38(46)34-8-4-3-7-33(34)37;3-2(4,5)1(6)7/h1-8,21-22,27-30,35-38H,9-20,23-26H2,(H,43,47)(H,44,48);(H,6,7)/t27?,28?,29?,30?,35-,36+,37-,38+;. The second-order valence-corrected chi connectivity index (χ2v) is 18.0. The maximum absolute atomic E-state index is 13.2. The molecule has 0 spiro atoms. The van der Waals surface area contributed by atoms with E-state index in [1.54, 1.807) is 22.3 Å². The molecule has 2 saturated heterocycles. The van der Waals surface area contributed by atoms with E-state index in [1.165, 1.54) is 88.6 Å². The number of halogens is 3. The Bertz CT molecular complexity index is 1700. The number of aliphatic carboxylic acids is 1. The average molecular weight is 791 g/mol. The molecule has 2 aromatic carbocycles. The Morgan fingerprint density at radius 1 is 0.571 bits per heavy atom. The molecule has 2 amide bonds. The van der Waals surface area contributed by atoms with Crippen molar-refractivity contribution in [3.05, 3.63) is 92.7 Å². The third-order valence-electron chi connectivity index (χ3n) is 13.7. The van der Waals surface area contributed by atoms with Crippen LogP contribution in [0.15, 0.2) is 60.7 Å². The van der Waals surface area contributed by atoms with Crippen LogP contribution in [-0.2, 0) is 4.79 Å². The number of carbonyl (C=O) groups excluding carboxylic acids is 2. The van der Waals surface area contributed by atoms with Crippen LogP contribution in [0.4, 0.5) is 13.2 Å². The van der Waals surface area contributed by atoms with Crippen molar-refractivity contribution < 1.29 is 32.7 Å². The first kappa shape index (κ1) is 39.1. The van der Waals surface area contributed by atoms with E-state index in [-0.39, 0.29) is 23.9 Å². The van der Waals surface area contributed by atoms with Crippen LogP contribution in [0.1, 0.15) is 156 Å². The Balaban J connectivity index is 0.000000579. The number of amides is 2. The summed E-state index contributed by atoms with van der Waals surface area (Å²) >= 11 is 1.34. The highest BCUT2D eigenvalue weighted by Gasteiger charge is 2.44. The fourth-order valence-electron chi connectivity index (χ4n) is 10.9. The summed E-state index contributed by atoms with van der Waals surface area (Å²) in [5, 5.41) is 13.7. The van der Waals surface area contributed by atoms with Crippen LogP contribution in [0.25, 0.3) is 0 Å². The van der Waals surface area contributed by atoms with E-state index < -0.39 is 12.1 Å². The zero-order valence-electron chi connectivity index (χ0n) is 31.8. The molecule has 12 heteroatoms. The summed E-state index contributed by atoms with van der Waals surface area (Å²) in [5.74, 6) is -1.29. The van der Waals surface area contributed by atoms with Crippen molar-refractivity contribution in [3.63, 3.8) is 0 Å². The SMILES string of the molecule is O=C(NC1CCC(CCN2[C@@H]3CC[C@H]2c2ccccc23)CC1)c1ccc(C(=O)NC2CCC(CCN3[C@@H]4CC[C@H]3c3ccccc34)CC2)s1.O=C(O)C(F)(F)F. The maximum atomic E-state index is 13.2. The highest BCUT2D eigenvalue weighted by atomic mass is 32.1. The molecule has 2 saturated carbocycles. The fraction of sp³-hybridized carbons (Fsp3) is 0.568. The summed E-state index contributed by atoms with van der Waals surface area (Å²) in [7, 11) is 0. The smallest absolute Gasteiger partial charge is 0.475 e. The minimum Gasteiger partial charge on any atom is -0.475 e. The van der Waals surface area contributed by atoms with E-state index in [1.807, 2.05) is 12.1 Å². The highest BCUT2D eigenvalue weighted by Crippen LogP contribution is 2.54. The van der Waals surface area contributed by atoms with Crippen LogP contribution in [-0.4, -0.2) is 64.0 Å². The first-order valence-electron chi connectivity index (χ1n) is 20.7. The second-order valence-electron chi connectivity index (χ2n) is 16.9. The van der Waals surface area contributed by atoms with Gasteiger partial charge in [-0.3, -0.25) is 19.4 Å². The number of carboxylic acid groups (broad SMARTS) is 1. The summed E-state index contributed by atoms with van der Waals surface area (Å²) in [6.07, 6.45) is 11.7. The molecule has 3 aromatic rings. The Morgan fingerprint density at radius 3 is 1.20 bits per heavy atom. The van der Waals surface area contributed by atoms with E-state index in [0.29, 0.717) is 33.9 Å². The molecule has 5 heterocycles. The van der Waals surface area contributed by atoms with Gasteiger partial charge in [0.15, 0.2) is 0 Å². The molecule has 2 aliphatic carbocycles. The predicted molar refractivity (Wildman–Crippen MR) is 209 cm³/mol. The quantitative estimate of drug-likeness (QED) is 0.189. The van der Waals surface area contributed by atoms with Gasteiger partial charge in [-0.05, 0) is 149 Å². The Kier molecular flexibility index (Phi) is 11.6. The van der Waals surface area contributed by atoms with Gasteiger partial charge in [-0.1, -0.05) is 48.5 Å². The molecule has 6 aliphatic rings. The van der Waals surface area contributed by atoms with E-state index in [9.17, 15) is 22.8 Å². The molecule has 4 aliphatic heterocycles. The molecule has 4 bridgehead atoms. The monoisotopic (exact) mass is 790 g/mol. The molecule has 8 nitrogen and oxygen atoms in total. The third-order valence-corrected chi connectivity index (χ3v) is 14.8. The number of fused-ring (bicyclic) bond motifs is 10. The lowest BCUT2D eigenvalue weighted by molar-refractivity contribution is -0.192. The largest absolute Gasteiger partial charge is 0.490 e. The number of hydrogen-bond acceptors (Lipinski definition) is 6. The lowest BCUT2D eigenvalue weighted by atomic mass is 9.84. The van der Waals surface area contributed by atoms with Gasteiger partial charge < -0.3 is 15.7 Å². The van der Waals surface area contributed by atoms with Crippen molar-refractivity contribution in [1.29, 1.82) is 0 Å². The third kappa shape index (κ3) is 8.29. The lowest BCUT2D eigenvalue weighted by Gasteiger charge is -2.31. The molecule has 300 valence electrons. The van der Waals surface area contributed by atoms with Gasteiger partial charge in [0.05, 0.1) is 9.75 Å². The summed E-state index contributed by atoms with van der Waals surface area (Å²) in [6.45, 7) is 2.39. The number of nitrogens with zero attached hydrogens (tertiary/aromatic N) is 2. The Labute approximate surface area is 331 Å². The van der Waals surface area contributed by atoms with Crippen LogP contribution >= 0.6 is 11.3 Å². The molecule has 4 atom stereocenters. The number of rotatable bonds is 10. The summed E-state index contributed by atoms with van der Waals surface area (Å²) in [4.78, 5) is 42.1. The molecule has 9 rings (SSSR count). The van der Waals surface area contributed by atoms with Crippen molar-refractivity contribution in [2.24, 2.45) is 11.8 Å². The molecule has 4 fully saturated rings. The first-order valence-corrected chi connectivity index (χ1v) is 21.6. The Hall–Kier alpha value is -3.74. The van der Waals surface area contributed by atoms with Gasteiger partial charge in [0.1, 0.15) is 0 Å². The normalized spacial score (nSPS) is 29.3. The molecular weight excluding hydrogens is 738 g/mol. The number of alkyl halides is 3. The number of hydrogen-bond donors (Lipinski definition) is 3. The fourth-order valence-corrected chi connectivity index (χ4v) is 11.7. The lowest BCUT2D eigenvalue weighted by Crippen LogP contribution is -2.38. The van der Waals surface area contributed by atoms with Gasteiger partial charge >= 0.3 is 12.1 Å². The highest BCUT2D eigenvalue weighted by molar-refractivity contribution is 7.15. The molecule has 0 radical (unpaired) electrons. The van der Waals surface area contributed by atoms with Crippen LogP contribution in [0.3, 0.4) is 0 Å². The van der Waals surface area contributed by atoms with Crippen molar-refractivity contribution in [2.45, 2.75) is 132 Å². The maximum Gasteiger partial charge on any atom is 0.490 e. The van der Waals surface area contributed by atoms with Crippen molar-refractivity contribution in [2.75, 3.05) is 13.1 Å². The molecule has 0 unspecified atom stereocenters. The zero-order valence-corrected chi connectivity index (χ0v) is 32.6. The predicted octanol–water partition coefficient (Wildman–Crippen LogP) is 9.52. The number of carboxylic acids is 1. The van der Waals surface area contributed by atoms with Gasteiger partial charge in [-0.15, -0.1) is 11.3 Å². The van der Waals surface area contributed by atoms with Gasteiger partial charge in [-0.2, -0.15) is 13.2 Å². The minimum atomic E-state index is -5.08. The summed E-state index contributed by atoms with van der Waals surface area (Å²) in [6, 6.07) is 24.8. The van der Waals surface area contributed by atoms with E-state index in [4.69, 9.17) is 9.90 Å². The van der Waals surface area contributed by atoms with Crippen LogP contribution in [0.2, 0.25) is 0 Å². The first-order chi connectivity index (χ1) is 27.0. The number of benzene rings is 2. The Morgan fingerprint density at radius 2 is 0.893 bits per heavy atom. The summed E-state index contributed by atoms with van der Waals surface area (Å²) < 4.78 is 31.7. The van der Waals surface area contributed by atoms with Gasteiger partial charge in [0.25, 0.3) is 11.8 Å². The van der Waals surface area contributed by atoms with Crippen molar-refractivity contribution >= 4 is 29.1 Å². The average Bonchev–Trinajstić information content (AvgIpc) is 4.04. The van der Waals surface area contributed by atoms with Crippen molar-refractivity contribution in [1.82, 2.24) is 20.4 Å². The molecule has 3 N–H and O–H groups in total. The number of thiophene rings is 1.